The molecule has 1 fully saturated rings. The molecule has 0 saturated heterocycles. The molecule has 112 valence electrons. The van der Waals surface area contributed by atoms with E-state index in [0.717, 1.165) is 30.9 Å². The van der Waals surface area contributed by atoms with Crippen molar-refractivity contribution in [2.75, 3.05) is 18.5 Å². The molecule has 1 aliphatic rings. The second-order valence-electron chi connectivity index (χ2n) is 5.67. The van der Waals surface area contributed by atoms with Crippen molar-refractivity contribution in [2.24, 2.45) is 5.41 Å². The summed E-state index contributed by atoms with van der Waals surface area (Å²) >= 11 is 0. The first-order chi connectivity index (χ1) is 9.65. The minimum absolute atomic E-state index is 0.204. The molecule has 0 aromatic heterocycles. The van der Waals surface area contributed by atoms with Crippen LogP contribution in [-0.4, -0.2) is 25.4 Å². The molecule has 3 heteroatoms. The lowest BCUT2D eigenvalue weighted by molar-refractivity contribution is -0.109. The lowest BCUT2D eigenvalue weighted by atomic mass is 9.61. The molecule has 3 nitrogen and oxygen atoms in total. The first-order valence-electron chi connectivity index (χ1n) is 7.75. The molecule has 0 bridgehead atoms. The first-order valence-corrected chi connectivity index (χ1v) is 7.75. The molecule has 2 rings (SSSR count). The predicted molar refractivity (Wildman–Crippen MR) is 83.5 cm³/mol. The SMILES string of the molecule is CCOc1ccccc1NC1CC(OCC)C1(C)CC. The summed E-state index contributed by atoms with van der Waals surface area (Å²) in [5.41, 5.74) is 1.30. The number of rotatable bonds is 7. The average molecular weight is 277 g/mol. The standard InChI is InChI=1S/C17H27NO2/c1-5-17(4)15(12-16(17)20-7-3)18-13-10-8-9-11-14(13)19-6-2/h8-11,15-16,18H,5-7,12H2,1-4H3. The van der Waals surface area contributed by atoms with Gasteiger partial charge in [0.05, 0.1) is 18.4 Å². The van der Waals surface area contributed by atoms with Gasteiger partial charge in [0.2, 0.25) is 0 Å². The molecule has 1 aromatic carbocycles. The van der Waals surface area contributed by atoms with Crippen LogP contribution in [0, 0.1) is 5.41 Å². The van der Waals surface area contributed by atoms with Crippen LogP contribution in [0.5, 0.6) is 5.75 Å². The molecule has 1 saturated carbocycles. The number of hydrogen-bond donors (Lipinski definition) is 1. The smallest absolute Gasteiger partial charge is 0.142 e. The third-order valence-electron chi connectivity index (χ3n) is 4.63. The molecule has 1 N–H and O–H groups in total. The molecule has 3 unspecified atom stereocenters. The molecule has 0 heterocycles. The highest BCUT2D eigenvalue weighted by Crippen LogP contribution is 2.47. The van der Waals surface area contributed by atoms with Crippen molar-refractivity contribution in [2.45, 2.75) is 52.7 Å². The van der Waals surface area contributed by atoms with Gasteiger partial charge in [-0.15, -0.1) is 0 Å². The Morgan fingerprint density at radius 1 is 1.20 bits per heavy atom. The Morgan fingerprint density at radius 3 is 2.60 bits per heavy atom. The minimum atomic E-state index is 0.204. The van der Waals surface area contributed by atoms with Gasteiger partial charge >= 0.3 is 0 Å². The maximum atomic E-state index is 5.86. The van der Waals surface area contributed by atoms with Crippen LogP contribution in [0.2, 0.25) is 0 Å². The van der Waals surface area contributed by atoms with E-state index < -0.39 is 0 Å². The third-order valence-corrected chi connectivity index (χ3v) is 4.63. The van der Waals surface area contributed by atoms with Crippen molar-refractivity contribution in [1.29, 1.82) is 0 Å². The van der Waals surface area contributed by atoms with Gasteiger partial charge in [-0.25, -0.2) is 0 Å². The molecule has 1 aromatic rings. The minimum Gasteiger partial charge on any atom is -0.492 e. The monoisotopic (exact) mass is 277 g/mol. The van der Waals surface area contributed by atoms with E-state index in [0.29, 0.717) is 18.8 Å². The first kappa shape index (κ1) is 15.2. The summed E-state index contributed by atoms with van der Waals surface area (Å²) in [6, 6.07) is 8.62. The van der Waals surface area contributed by atoms with Gasteiger partial charge in [-0.3, -0.25) is 0 Å². The number of benzene rings is 1. The second kappa shape index (κ2) is 6.49. The molecule has 0 spiro atoms. The lowest BCUT2D eigenvalue weighted by Gasteiger charge is -2.54. The van der Waals surface area contributed by atoms with Crippen molar-refractivity contribution in [3.05, 3.63) is 24.3 Å². The van der Waals surface area contributed by atoms with E-state index in [2.05, 4.69) is 32.2 Å². The maximum absolute atomic E-state index is 5.86. The fourth-order valence-electron chi connectivity index (χ4n) is 3.03. The summed E-state index contributed by atoms with van der Waals surface area (Å²) in [7, 11) is 0. The van der Waals surface area contributed by atoms with Gasteiger partial charge in [0.25, 0.3) is 0 Å². The van der Waals surface area contributed by atoms with E-state index in [4.69, 9.17) is 9.47 Å². The Kier molecular flexibility index (Phi) is 4.92. The van der Waals surface area contributed by atoms with Crippen LogP contribution in [-0.2, 0) is 4.74 Å². The van der Waals surface area contributed by atoms with E-state index in [-0.39, 0.29) is 5.41 Å². The molecule has 0 aliphatic heterocycles. The summed E-state index contributed by atoms with van der Waals surface area (Å²) in [5, 5.41) is 3.66. The van der Waals surface area contributed by atoms with E-state index in [1.54, 1.807) is 0 Å². The second-order valence-corrected chi connectivity index (χ2v) is 5.67. The number of hydrogen-bond acceptors (Lipinski definition) is 3. The van der Waals surface area contributed by atoms with Crippen LogP contribution in [0.15, 0.2) is 24.3 Å². The normalized spacial score (nSPS) is 28.8. The number of nitrogens with one attached hydrogen (secondary N) is 1. The summed E-state index contributed by atoms with van der Waals surface area (Å²) in [6.07, 6.45) is 2.55. The van der Waals surface area contributed by atoms with Crippen molar-refractivity contribution < 1.29 is 9.47 Å². The van der Waals surface area contributed by atoms with Crippen LogP contribution in [0.1, 0.15) is 40.5 Å². The Labute approximate surface area is 122 Å². The van der Waals surface area contributed by atoms with Gasteiger partial charge in [0.15, 0.2) is 0 Å². The topological polar surface area (TPSA) is 30.5 Å². The van der Waals surface area contributed by atoms with E-state index in [9.17, 15) is 0 Å². The highest BCUT2D eigenvalue weighted by atomic mass is 16.5. The molecule has 0 radical (unpaired) electrons. The fraction of sp³-hybridized carbons (Fsp3) is 0.647. The summed E-state index contributed by atoms with van der Waals surface area (Å²) in [6.45, 7) is 10.1. The predicted octanol–water partition coefficient (Wildman–Crippen LogP) is 4.09. The van der Waals surface area contributed by atoms with Crippen LogP contribution in [0.3, 0.4) is 0 Å². The molecule has 1 aliphatic carbocycles. The quantitative estimate of drug-likeness (QED) is 0.814. The van der Waals surface area contributed by atoms with Gasteiger partial charge in [-0.1, -0.05) is 26.0 Å². The Bertz CT molecular complexity index is 435. The summed E-state index contributed by atoms with van der Waals surface area (Å²) < 4.78 is 11.5. The number of anilines is 1. The van der Waals surface area contributed by atoms with Gasteiger partial charge in [0, 0.05) is 18.1 Å². The van der Waals surface area contributed by atoms with Crippen molar-refractivity contribution in [3.8, 4) is 5.75 Å². The largest absolute Gasteiger partial charge is 0.492 e. The highest BCUT2D eigenvalue weighted by molar-refractivity contribution is 5.57. The van der Waals surface area contributed by atoms with Crippen LogP contribution < -0.4 is 10.1 Å². The van der Waals surface area contributed by atoms with Gasteiger partial charge in [0.1, 0.15) is 5.75 Å². The van der Waals surface area contributed by atoms with E-state index in [1.807, 2.05) is 25.1 Å². The lowest BCUT2D eigenvalue weighted by Crippen LogP contribution is -2.59. The number of ether oxygens (including phenoxy) is 2. The molecule has 20 heavy (non-hydrogen) atoms. The molecular weight excluding hydrogens is 250 g/mol. The average Bonchev–Trinajstić information content (AvgIpc) is 2.47. The van der Waals surface area contributed by atoms with Crippen molar-refractivity contribution >= 4 is 5.69 Å². The third kappa shape index (κ3) is 2.78. The zero-order valence-electron chi connectivity index (χ0n) is 13.1. The van der Waals surface area contributed by atoms with E-state index in [1.165, 1.54) is 0 Å². The Morgan fingerprint density at radius 2 is 1.95 bits per heavy atom. The van der Waals surface area contributed by atoms with Gasteiger partial charge in [-0.05, 0) is 38.8 Å². The van der Waals surface area contributed by atoms with Gasteiger partial charge in [-0.2, -0.15) is 0 Å². The summed E-state index contributed by atoms with van der Waals surface area (Å²) in [5.74, 6) is 0.938. The van der Waals surface area contributed by atoms with E-state index >= 15 is 0 Å². The zero-order chi connectivity index (χ0) is 14.6. The molecule has 3 atom stereocenters. The Balaban J connectivity index is 2.07. The molecular formula is C17H27NO2. The Hall–Kier alpha value is -1.22. The van der Waals surface area contributed by atoms with Crippen molar-refractivity contribution in [3.63, 3.8) is 0 Å². The van der Waals surface area contributed by atoms with Gasteiger partial charge < -0.3 is 14.8 Å². The zero-order valence-corrected chi connectivity index (χ0v) is 13.1. The van der Waals surface area contributed by atoms with Crippen LogP contribution in [0.25, 0.3) is 0 Å². The molecule has 0 amide bonds. The van der Waals surface area contributed by atoms with Crippen LogP contribution >= 0.6 is 0 Å². The highest BCUT2D eigenvalue weighted by Gasteiger charge is 2.51. The van der Waals surface area contributed by atoms with Crippen molar-refractivity contribution in [1.82, 2.24) is 0 Å². The maximum Gasteiger partial charge on any atom is 0.142 e. The number of para-hydroxylation sites is 2. The summed E-state index contributed by atoms with van der Waals surface area (Å²) in [4.78, 5) is 0. The fourth-order valence-corrected chi connectivity index (χ4v) is 3.03. The van der Waals surface area contributed by atoms with Crippen LogP contribution in [0.4, 0.5) is 5.69 Å².